The first-order valence-electron chi connectivity index (χ1n) is 10.8. The van der Waals surface area contributed by atoms with Crippen LogP contribution in [0.15, 0.2) is 24.3 Å². The van der Waals surface area contributed by atoms with Gasteiger partial charge >= 0.3 is 35.8 Å². The van der Waals surface area contributed by atoms with E-state index in [1.54, 1.807) is 0 Å². The van der Waals surface area contributed by atoms with Crippen LogP contribution in [0.25, 0.3) is 0 Å². The van der Waals surface area contributed by atoms with Crippen LogP contribution in [0.1, 0.15) is 45.0 Å². The van der Waals surface area contributed by atoms with Gasteiger partial charge in [0.15, 0.2) is 24.5 Å². The molecule has 13 heteroatoms. The summed E-state index contributed by atoms with van der Waals surface area (Å²) in [6.07, 6.45) is -6.20. The number of anilines is 1. The van der Waals surface area contributed by atoms with Crippen molar-refractivity contribution in [2.24, 2.45) is 0 Å². The first-order valence-corrected chi connectivity index (χ1v) is 10.8. The van der Waals surface area contributed by atoms with E-state index in [2.05, 4.69) is 10.1 Å². The molecule has 13 nitrogen and oxygen atoms in total. The standard InChI is InChI=1S/C23H27NO12/c1-11(25)31-10-18-19(32-12(2)26)20(33-13(3)27)21(34-14(4)28)22(36-18)24-17-8-6-16(7-9-17)23(30)35-15(5)29/h6-9,18-22,24H,10H2,1-5H3/t18-,19-,20+,21+,22+/m1/s1. The topological polar surface area (TPSA) is 170 Å². The van der Waals surface area contributed by atoms with Gasteiger partial charge in [0.2, 0.25) is 0 Å². The fourth-order valence-corrected chi connectivity index (χ4v) is 3.40. The molecule has 1 aliphatic heterocycles. The van der Waals surface area contributed by atoms with E-state index in [4.69, 9.17) is 23.7 Å². The van der Waals surface area contributed by atoms with Gasteiger partial charge < -0.3 is 33.7 Å². The van der Waals surface area contributed by atoms with Crippen molar-refractivity contribution in [2.45, 2.75) is 65.3 Å². The van der Waals surface area contributed by atoms with Gasteiger partial charge in [-0.1, -0.05) is 0 Å². The molecule has 0 radical (unpaired) electrons. The molecule has 0 aliphatic carbocycles. The number of carbonyl (C=O) groups is 6. The van der Waals surface area contributed by atoms with Crippen molar-refractivity contribution in [3.8, 4) is 0 Å². The minimum absolute atomic E-state index is 0.0947. The molecule has 1 saturated heterocycles. The molecule has 1 fully saturated rings. The lowest BCUT2D eigenvalue weighted by Gasteiger charge is -2.44. The van der Waals surface area contributed by atoms with Gasteiger partial charge in [0, 0.05) is 40.3 Å². The summed E-state index contributed by atoms with van der Waals surface area (Å²) in [5.74, 6) is -4.48. The van der Waals surface area contributed by atoms with Crippen LogP contribution in [0.3, 0.4) is 0 Å². The molecule has 36 heavy (non-hydrogen) atoms. The van der Waals surface area contributed by atoms with Crippen molar-refractivity contribution in [3.05, 3.63) is 29.8 Å². The predicted octanol–water partition coefficient (Wildman–Crippen LogP) is 0.885. The van der Waals surface area contributed by atoms with Crippen LogP contribution in [0.5, 0.6) is 0 Å². The number of rotatable bonds is 8. The van der Waals surface area contributed by atoms with Crippen molar-refractivity contribution in [3.63, 3.8) is 0 Å². The van der Waals surface area contributed by atoms with E-state index >= 15 is 0 Å². The Morgan fingerprint density at radius 2 is 1.25 bits per heavy atom. The van der Waals surface area contributed by atoms with Gasteiger partial charge in [0.25, 0.3) is 0 Å². The lowest BCUT2D eigenvalue weighted by Crippen LogP contribution is -2.64. The summed E-state index contributed by atoms with van der Waals surface area (Å²) < 4.78 is 31.5. The van der Waals surface area contributed by atoms with Crippen LogP contribution in [0.2, 0.25) is 0 Å². The lowest BCUT2D eigenvalue weighted by atomic mass is 9.97. The average molecular weight is 509 g/mol. The van der Waals surface area contributed by atoms with E-state index in [1.165, 1.54) is 31.2 Å². The molecule has 196 valence electrons. The Morgan fingerprint density at radius 1 is 0.722 bits per heavy atom. The summed E-state index contributed by atoms with van der Waals surface area (Å²) in [6, 6.07) is 5.67. The van der Waals surface area contributed by atoms with Crippen molar-refractivity contribution >= 4 is 41.5 Å². The minimum Gasteiger partial charge on any atom is -0.463 e. The fraction of sp³-hybridized carbons (Fsp3) is 0.478. The maximum Gasteiger partial charge on any atom is 0.345 e. The van der Waals surface area contributed by atoms with Crippen LogP contribution in [0, 0.1) is 0 Å². The zero-order valence-electron chi connectivity index (χ0n) is 20.3. The summed E-state index contributed by atoms with van der Waals surface area (Å²) in [5, 5.41) is 2.95. The number of benzene rings is 1. The zero-order chi connectivity index (χ0) is 27.0. The Labute approximate surface area is 206 Å². The first kappa shape index (κ1) is 28.2. The second-order valence-corrected chi connectivity index (χ2v) is 7.72. The monoisotopic (exact) mass is 509 g/mol. The molecule has 1 heterocycles. The molecule has 0 saturated carbocycles. The molecular formula is C23H27NO12. The quantitative estimate of drug-likeness (QED) is 0.298. The highest BCUT2D eigenvalue weighted by molar-refractivity contribution is 5.96. The van der Waals surface area contributed by atoms with Crippen molar-refractivity contribution in [1.29, 1.82) is 0 Å². The van der Waals surface area contributed by atoms with E-state index in [0.29, 0.717) is 5.69 Å². The smallest absolute Gasteiger partial charge is 0.345 e. The fourth-order valence-electron chi connectivity index (χ4n) is 3.40. The van der Waals surface area contributed by atoms with E-state index in [9.17, 15) is 28.8 Å². The first-order chi connectivity index (χ1) is 16.9. The maximum atomic E-state index is 11.9. The van der Waals surface area contributed by atoms with Gasteiger partial charge in [0.1, 0.15) is 12.7 Å². The number of esters is 6. The Kier molecular flexibility index (Phi) is 9.91. The molecule has 0 aromatic heterocycles. The van der Waals surface area contributed by atoms with Crippen molar-refractivity contribution in [2.75, 3.05) is 11.9 Å². The van der Waals surface area contributed by atoms with Crippen LogP contribution >= 0.6 is 0 Å². The Morgan fingerprint density at radius 3 is 1.75 bits per heavy atom. The number of nitrogens with one attached hydrogen (secondary N) is 1. The zero-order valence-corrected chi connectivity index (χ0v) is 20.3. The van der Waals surface area contributed by atoms with E-state index in [-0.39, 0.29) is 12.2 Å². The highest BCUT2D eigenvalue weighted by atomic mass is 16.7. The molecule has 2 rings (SSSR count). The van der Waals surface area contributed by atoms with Gasteiger partial charge in [-0.3, -0.25) is 24.0 Å². The molecule has 0 amide bonds. The van der Waals surface area contributed by atoms with Gasteiger partial charge in [-0.25, -0.2) is 4.79 Å². The number of ether oxygens (including phenoxy) is 6. The van der Waals surface area contributed by atoms with Gasteiger partial charge in [-0.2, -0.15) is 0 Å². The predicted molar refractivity (Wildman–Crippen MR) is 118 cm³/mol. The lowest BCUT2D eigenvalue weighted by molar-refractivity contribution is -0.247. The molecule has 0 bridgehead atoms. The number of carbonyl (C=O) groups excluding carboxylic acids is 6. The molecule has 1 aromatic carbocycles. The highest BCUT2D eigenvalue weighted by Gasteiger charge is 2.52. The maximum absolute atomic E-state index is 11.9. The van der Waals surface area contributed by atoms with E-state index < -0.39 is 66.5 Å². The summed E-state index contributed by atoms with van der Waals surface area (Å²) >= 11 is 0. The molecule has 5 atom stereocenters. The van der Waals surface area contributed by atoms with Crippen molar-refractivity contribution in [1.82, 2.24) is 0 Å². The summed E-state index contributed by atoms with van der Waals surface area (Å²) in [4.78, 5) is 69.8. The van der Waals surface area contributed by atoms with Crippen LogP contribution < -0.4 is 5.32 Å². The van der Waals surface area contributed by atoms with Crippen LogP contribution in [-0.2, 0) is 52.4 Å². The number of hydrogen-bond acceptors (Lipinski definition) is 13. The molecule has 0 spiro atoms. The van der Waals surface area contributed by atoms with Gasteiger partial charge in [-0.15, -0.1) is 0 Å². The third kappa shape index (κ3) is 8.34. The number of hydrogen-bond donors (Lipinski definition) is 1. The Hall–Kier alpha value is -4.00. The van der Waals surface area contributed by atoms with Gasteiger partial charge in [-0.05, 0) is 24.3 Å². The van der Waals surface area contributed by atoms with E-state index in [1.807, 2.05) is 0 Å². The summed E-state index contributed by atoms with van der Waals surface area (Å²) in [5.41, 5.74) is 0.465. The largest absolute Gasteiger partial charge is 0.463 e. The van der Waals surface area contributed by atoms with Gasteiger partial charge in [0.05, 0.1) is 5.56 Å². The SMILES string of the molecule is CC(=O)OC[C@H]1O[C@H](Nc2ccc(C(=O)OC(C)=O)cc2)[C@@H](OC(C)=O)[C@@H](OC(C)=O)[C@@H]1OC(C)=O. The molecule has 0 unspecified atom stereocenters. The molecular weight excluding hydrogens is 482 g/mol. The van der Waals surface area contributed by atoms with Crippen LogP contribution in [0.4, 0.5) is 5.69 Å². The third-order valence-electron chi connectivity index (χ3n) is 4.66. The third-order valence-corrected chi connectivity index (χ3v) is 4.66. The second-order valence-electron chi connectivity index (χ2n) is 7.72. The summed E-state index contributed by atoms with van der Waals surface area (Å²) in [6.45, 7) is 5.27. The minimum atomic E-state index is -1.33. The Bertz CT molecular complexity index is 1000. The molecule has 1 aliphatic rings. The normalized spacial score (nSPS) is 23.0. The second kappa shape index (κ2) is 12.6. The van der Waals surface area contributed by atoms with E-state index in [0.717, 1.165) is 27.7 Å². The van der Waals surface area contributed by atoms with Crippen molar-refractivity contribution < 1.29 is 57.2 Å². The summed E-state index contributed by atoms with van der Waals surface area (Å²) in [7, 11) is 0. The molecule has 1 N–H and O–H groups in total. The Balaban J connectivity index is 2.40. The average Bonchev–Trinajstić information content (AvgIpc) is 2.75. The highest BCUT2D eigenvalue weighted by Crippen LogP contribution is 2.30. The van der Waals surface area contributed by atoms with Crippen LogP contribution in [-0.4, -0.2) is 73.1 Å². The molecule has 1 aromatic rings.